The number of fused-ring (bicyclic) bond motifs is 1. The van der Waals surface area contributed by atoms with E-state index in [4.69, 9.17) is 0 Å². The normalized spacial score (nSPS) is 24.4. The lowest BCUT2D eigenvalue weighted by molar-refractivity contribution is -0.118. The van der Waals surface area contributed by atoms with Crippen molar-refractivity contribution in [2.24, 2.45) is 5.41 Å². The van der Waals surface area contributed by atoms with E-state index in [2.05, 4.69) is 61.4 Å². The van der Waals surface area contributed by atoms with Crippen LogP contribution in [0.5, 0.6) is 0 Å². The summed E-state index contributed by atoms with van der Waals surface area (Å²) < 4.78 is 0. The monoisotopic (exact) mass is 332 g/mol. The summed E-state index contributed by atoms with van der Waals surface area (Å²) in [6.07, 6.45) is 4.12. The summed E-state index contributed by atoms with van der Waals surface area (Å²) in [7, 11) is 0. The molecule has 1 aromatic carbocycles. The molecule has 1 aliphatic carbocycles. The van der Waals surface area contributed by atoms with Gasteiger partial charge in [0.2, 0.25) is 0 Å². The molecule has 2 aromatic rings. The van der Waals surface area contributed by atoms with Crippen LogP contribution >= 0.6 is 0 Å². The molecule has 128 valence electrons. The van der Waals surface area contributed by atoms with Crippen LogP contribution in [0.15, 0.2) is 59.9 Å². The molecule has 0 amide bonds. The molecule has 0 saturated heterocycles. The number of Topliss-reactive ketones (excluding diaryl/α,β-unsaturated/α-hetero) is 1. The second-order valence-electron chi connectivity index (χ2n) is 7.94. The minimum absolute atomic E-state index is 0.0225. The average molecular weight is 332 g/mol. The number of benzene rings is 1. The number of ketones is 1. The molecule has 3 nitrogen and oxygen atoms in total. The molecule has 0 spiro atoms. The Morgan fingerprint density at radius 2 is 1.84 bits per heavy atom. The Morgan fingerprint density at radius 1 is 1.08 bits per heavy atom. The molecule has 1 unspecified atom stereocenters. The Balaban J connectivity index is 2.05. The molecule has 1 N–H and O–H groups in total. The van der Waals surface area contributed by atoms with Crippen LogP contribution in [0.2, 0.25) is 0 Å². The Labute approximate surface area is 149 Å². The van der Waals surface area contributed by atoms with Crippen LogP contribution < -0.4 is 5.32 Å². The molecule has 3 heteroatoms. The number of pyridine rings is 1. The zero-order valence-corrected chi connectivity index (χ0v) is 15.1. The standard InChI is InChI=1S/C22H24N2O/c1-4-22(15-9-6-5-7-10-15)16-11-8-12-23-20(16)24-17-13-21(2,3)14-18(25)19(17)22/h5-12H,4,13-14H2,1-3H3,(H,23,24). The number of nitrogens with zero attached hydrogens (tertiary/aromatic N) is 1. The van der Waals surface area contributed by atoms with Gasteiger partial charge < -0.3 is 5.32 Å². The summed E-state index contributed by atoms with van der Waals surface area (Å²) in [6.45, 7) is 6.51. The highest BCUT2D eigenvalue weighted by molar-refractivity contribution is 6.02. The van der Waals surface area contributed by atoms with Crippen molar-refractivity contribution in [2.45, 2.75) is 45.4 Å². The van der Waals surface area contributed by atoms with Gasteiger partial charge in [0.1, 0.15) is 5.82 Å². The van der Waals surface area contributed by atoms with Crippen LogP contribution in [0.25, 0.3) is 0 Å². The van der Waals surface area contributed by atoms with Gasteiger partial charge >= 0.3 is 0 Å². The molecule has 2 heterocycles. The maximum absolute atomic E-state index is 13.3. The Morgan fingerprint density at radius 3 is 2.56 bits per heavy atom. The number of hydrogen-bond donors (Lipinski definition) is 1. The molecule has 0 saturated carbocycles. The van der Waals surface area contributed by atoms with E-state index >= 15 is 0 Å². The molecule has 0 bridgehead atoms. The number of allylic oxidation sites excluding steroid dienone is 2. The zero-order valence-electron chi connectivity index (χ0n) is 15.1. The third-order valence-electron chi connectivity index (χ3n) is 5.64. The number of carbonyl (C=O) groups is 1. The molecule has 0 radical (unpaired) electrons. The fraction of sp³-hybridized carbons (Fsp3) is 0.364. The molecule has 0 fully saturated rings. The second-order valence-corrected chi connectivity index (χ2v) is 7.94. The summed E-state index contributed by atoms with van der Waals surface area (Å²) in [5, 5.41) is 3.49. The van der Waals surface area contributed by atoms with Gasteiger partial charge in [0.15, 0.2) is 5.78 Å². The summed E-state index contributed by atoms with van der Waals surface area (Å²) in [4.78, 5) is 17.9. The summed E-state index contributed by atoms with van der Waals surface area (Å²) >= 11 is 0. The van der Waals surface area contributed by atoms with Crippen molar-refractivity contribution in [3.8, 4) is 0 Å². The fourth-order valence-corrected chi connectivity index (χ4v) is 4.64. The second kappa shape index (κ2) is 5.55. The van der Waals surface area contributed by atoms with Crippen molar-refractivity contribution in [2.75, 3.05) is 5.32 Å². The molecule has 1 aromatic heterocycles. The summed E-state index contributed by atoms with van der Waals surface area (Å²) in [5.41, 5.74) is 3.84. The van der Waals surface area contributed by atoms with Gasteiger partial charge in [-0.25, -0.2) is 4.98 Å². The van der Waals surface area contributed by atoms with Gasteiger partial charge in [-0.05, 0) is 29.9 Å². The molecule has 1 aliphatic heterocycles. The van der Waals surface area contributed by atoms with Crippen LogP contribution in [0.4, 0.5) is 5.82 Å². The zero-order chi connectivity index (χ0) is 17.7. The van der Waals surface area contributed by atoms with Crippen molar-refractivity contribution in [1.29, 1.82) is 0 Å². The van der Waals surface area contributed by atoms with Crippen molar-refractivity contribution >= 4 is 11.6 Å². The van der Waals surface area contributed by atoms with Crippen LogP contribution in [-0.4, -0.2) is 10.8 Å². The van der Waals surface area contributed by atoms with E-state index in [1.165, 1.54) is 5.56 Å². The van der Waals surface area contributed by atoms with E-state index in [9.17, 15) is 4.79 Å². The fourth-order valence-electron chi connectivity index (χ4n) is 4.64. The minimum atomic E-state index is -0.418. The Hall–Kier alpha value is -2.42. The number of anilines is 1. The molecule has 2 aliphatic rings. The third kappa shape index (κ3) is 2.33. The molecular weight excluding hydrogens is 308 g/mol. The Bertz CT molecular complexity index is 867. The highest BCUT2D eigenvalue weighted by Gasteiger charge is 2.49. The van der Waals surface area contributed by atoms with Crippen LogP contribution in [0.1, 0.15) is 51.2 Å². The van der Waals surface area contributed by atoms with Gasteiger partial charge in [-0.2, -0.15) is 0 Å². The van der Waals surface area contributed by atoms with Crippen molar-refractivity contribution < 1.29 is 4.79 Å². The topological polar surface area (TPSA) is 42.0 Å². The molecule has 25 heavy (non-hydrogen) atoms. The number of rotatable bonds is 2. The van der Waals surface area contributed by atoms with E-state index in [1.807, 2.05) is 18.3 Å². The van der Waals surface area contributed by atoms with E-state index in [0.717, 1.165) is 35.5 Å². The molecule has 4 rings (SSSR count). The van der Waals surface area contributed by atoms with Gasteiger partial charge in [-0.3, -0.25) is 4.79 Å². The van der Waals surface area contributed by atoms with Crippen molar-refractivity contribution in [3.05, 3.63) is 71.1 Å². The predicted octanol–water partition coefficient (Wildman–Crippen LogP) is 4.85. The average Bonchev–Trinajstić information content (AvgIpc) is 2.59. The lowest BCUT2D eigenvalue weighted by Gasteiger charge is -2.46. The highest BCUT2D eigenvalue weighted by Crippen LogP contribution is 2.53. The largest absolute Gasteiger partial charge is 0.343 e. The first-order valence-corrected chi connectivity index (χ1v) is 9.03. The van der Waals surface area contributed by atoms with E-state index in [1.54, 1.807) is 0 Å². The SMILES string of the molecule is CCC1(c2ccccc2)C2=C(CC(C)(C)CC2=O)Nc2ncccc21. The van der Waals surface area contributed by atoms with E-state index < -0.39 is 5.41 Å². The summed E-state index contributed by atoms with van der Waals surface area (Å²) in [6, 6.07) is 14.5. The van der Waals surface area contributed by atoms with Crippen LogP contribution in [0.3, 0.4) is 0 Å². The summed E-state index contributed by atoms with van der Waals surface area (Å²) in [5.74, 6) is 1.15. The lowest BCUT2D eigenvalue weighted by atomic mass is 9.60. The van der Waals surface area contributed by atoms with Gasteiger partial charge in [0, 0.05) is 29.5 Å². The van der Waals surface area contributed by atoms with Crippen LogP contribution in [0, 0.1) is 5.41 Å². The number of aromatic nitrogens is 1. The smallest absolute Gasteiger partial charge is 0.162 e. The first-order chi connectivity index (χ1) is 12.0. The van der Waals surface area contributed by atoms with Gasteiger partial charge in [-0.15, -0.1) is 0 Å². The highest BCUT2D eigenvalue weighted by atomic mass is 16.1. The maximum atomic E-state index is 13.3. The third-order valence-corrected chi connectivity index (χ3v) is 5.64. The van der Waals surface area contributed by atoms with Gasteiger partial charge in [0.05, 0.1) is 5.41 Å². The van der Waals surface area contributed by atoms with E-state index in [0.29, 0.717) is 6.42 Å². The number of carbonyl (C=O) groups excluding carboxylic acids is 1. The van der Waals surface area contributed by atoms with Gasteiger partial charge in [0.25, 0.3) is 0 Å². The lowest BCUT2D eigenvalue weighted by Crippen LogP contribution is -2.43. The first-order valence-electron chi connectivity index (χ1n) is 9.03. The minimum Gasteiger partial charge on any atom is -0.343 e. The Kier molecular flexibility index (Phi) is 3.57. The first kappa shape index (κ1) is 16.1. The van der Waals surface area contributed by atoms with Crippen LogP contribution in [-0.2, 0) is 10.2 Å². The van der Waals surface area contributed by atoms with E-state index in [-0.39, 0.29) is 11.2 Å². The maximum Gasteiger partial charge on any atom is 0.162 e. The molecular formula is C22H24N2O. The molecule has 1 atom stereocenters. The number of hydrogen-bond acceptors (Lipinski definition) is 3. The predicted molar refractivity (Wildman–Crippen MR) is 100 cm³/mol. The van der Waals surface area contributed by atoms with Crippen molar-refractivity contribution in [3.63, 3.8) is 0 Å². The quantitative estimate of drug-likeness (QED) is 0.855. The van der Waals surface area contributed by atoms with Gasteiger partial charge in [-0.1, -0.05) is 57.2 Å². The number of nitrogens with one attached hydrogen (secondary N) is 1. The van der Waals surface area contributed by atoms with Crippen molar-refractivity contribution in [1.82, 2.24) is 4.98 Å².